The number of nitrogens with zero attached hydrogens (tertiary/aromatic N) is 2. The maximum absolute atomic E-state index is 12.9. The van der Waals surface area contributed by atoms with Gasteiger partial charge in [0.05, 0.1) is 0 Å². The van der Waals surface area contributed by atoms with Crippen LogP contribution in [0.2, 0.25) is 0 Å². The minimum atomic E-state index is -0.0235. The summed E-state index contributed by atoms with van der Waals surface area (Å²) in [4.78, 5) is 29.5. The first-order valence-corrected chi connectivity index (χ1v) is 12.2. The minimum absolute atomic E-state index is 0.0235. The van der Waals surface area contributed by atoms with Gasteiger partial charge in [-0.25, -0.2) is 4.79 Å². The van der Waals surface area contributed by atoms with Gasteiger partial charge < -0.3 is 15.1 Å². The molecule has 2 heterocycles. The van der Waals surface area contributed by atoms with E-state index in [2.05, 4.69) is 63.3 Å². The Bertz CT molecular complexity index is 985. The predicted octanol–water partition coefficient (Wildman–Crippen LogP) is 5.59. The molecule has 1 fully saturated rings. The number of carbonyl (C=O) groups excluding carboxylic acids is 2. The molecule has 2 aromatic carbocycles. The largest absolute Gasteiger partial charge is 0.343 e. The van der Waals surface area contributed by atoms with Crippen LogP contribution in [0.3, 0.4) is 0 Å². The van der Waals surface area contributed by atoms with Gasteiger partial charge in [0.2, 0.25) is 5.91 Å². The van der Waals surface area contributed by atoms with Crippen LogP contribution in [0.25, 0.3) is 0 Å². The summed E-state index contributed by atoms with van der Waals surface area (Å²) >= 11 is 0. The van der Waals surface area contributed by atoms with Crippen LogP contribution in [-0.2, 0) is 23.2 Å². The van der Waals surface area contributed by atoms with Gasteiger partial charge in [-0.15, -0.1) is 0 Å². The summed E-state index contributed by atoms with van der Waals surface area (Å²) in [7, 11) is 0. The van der Waals surface area contributed by atoms with Crippen LogP contribution >= 0.6 is 0 Å². The zero-order chi connectivity index (χ0) is 23.6. The number of hydrogen-bond acceptors (Lipinski definition) is 2. The second kappa shape index (κ2) is 9.58. The van der Waals surface area contributed by atoms with Crippen LogP contribution in [0.15, 0.2) is 48.5 Å². The Morgan fingerprint density at radius 3 is 2.39 bits per heavy atom. The van der Waals surface area contributed by atoms with E-state index in [0.29, 0.717) is 18.9 Å². The van der Waals surface area contributed by atoms with Crippen molar-refractivity contribution in [2.45, 2.75) is 71.4 Å². The third-order valence-electron chi connectivity index (χ3n) is 7.05. The molecule has 1 atom stereocenters. The highest BCUT2D eigenvalue weighted by Gasteiger charge is 2.32. The second-order valence-corrected chi connectivity index (χ2v) is 10.8. The molecule has 2 aromatic rings. The predicted molar refractivity (Wildman–Crippen MR) is 133 cm³/mol. The number of likely N-dealkylation sites (tertiary alicyclic amines) is 1. The van der Waals surface area contributed by atoms with E-state index in [0.717, 1.165) is 43.6 Å². The van der Waals surface area contributed by atoms with Crippen LogP contribution in [0.5, 0.6) is 0 Å². The second-order valence-electron chi connectivity index (χ2n) is 10.8. The number of benzene rings is 2. The molecule has 5 nitrogen and oxygen atoms in total. The van der Waals surface area contributed by atoms with E-state index in [9.17, 15) is 9.59 Å². The first kappa shape index (κ1) is 23.3. The lowest BCUT2D eigenvalue weighted by Gasteiger charge is -2.40. The lowest BCUT2D eigenvalue weighted by atomic mass is 9.86. The fourth-order valence-corrected chi connectivity index (χ4v) is 4.99. The molecule has 176 valence electrons. The van der Waals surface area contributed by atoms with Gasteiger partial charge in [-0.1, -0.05) is 70.2 Å². The molecule has 33 heavy (non-hydrogen) atoms. The zero-order valence-electron chi connectivity index (χ0n) is 20.4. The lowest BCUT2D eigenvalue weighted by molar-refractivity contribution is -0.133. The molecule has 0 unspecified atom stereocenters. The topological polar surface area (TPSA) is 52.7 Å². The molecule has 0 aliphatic carbocycles. The van der Waals surface area contributed by atoms with Crippen molar-refractivity contribution >= 4 is 17.6 Å². The molecule has 2 aliphatic rings. The Labute approximate surface area is 198 Å². The molecule has 3 amide bonds. The molecule has 1 N–H and O–H groups in total. The van der Waals surface area contributed by atoms with Crippen LogP contribution in [0.4, 0.5) is 10.5 Å². The number of anilines is 1. The van der Waals surface area contributed by atoms with Gasteiger partial charge in [0.15, 0.2) is 0 Å². The molecule has 5 heteroatoms. The highest BCUT2D eigenvalue weighted by Crippen LogP contribution is 2.28. The maximum Gasteiger partial charge on any atom is 0.322 e. The number of hydrogen-bond donors (Lipinski definition) is 1. The normalized spacial score (nSPS) is 18.0. The number of fused-ring (bicyclic) bond motifs is 1. The number of para-hydroxylation sites is 1. The summed E-state index contributed by atoms with van der Waals surface area (Å²) in [6, 6.07) is 17.0. The van der Waals surface area contributed by atoms with Gasteiger partial charge >= 0.3 is 6.03 Å². The van der Waals surface area contributed by atoms with Crippen LogP contribution in [-0.4, -0.2) is 40.9 Å². The summed E-state index contributed by atoms with van der Waals surface area (Å²) in [5.74, 6) is 0.542. The van der Waals surface area contributed by atoms with Gasteiger partial charge in [0.1, 0.15) is 0 Å². The van der Waals surface area contributed by atoms with Crippen molar-refractivity contribution in [2.75, 3.05) is 18.4 Å². The van der Waals surface area contributed by atoms with Crippen molar-refractivity contribution in [1.29, 1.82) is 0 Å². The Balaban J connectivity index is 1.26. The van der Waals surface area contributed by atoms with Crippen molar-refractivity contribution in [3.63, 3.8) is 0 Å². The van der Waals surface area contributed by atoms with Crippen LogP contribution in [0.1, 0.15) is 63.6 Å². The summed E-state index contributed by atoms with van der Waals surface area (Å²) in [6.45, 7) is 10.9. The molecule has 0 saturated carbocycles. The monoisotopic (exact) mass is 447 g/mol. The standard InChI is InChI=1S/C28H37N3O2/c1-20(17-21-9-11-23(12-10-21)28(2,3)4)18-26(32)30-15-13-24(14-16-30)31-19-22-7-5-6-8-25(22)29-27(31)33/h5-12,20,24H,13-19H2,1-4H3,(H,29,33)/t20-/m1/s1. The average molecular weight is 448 g/mol. The molecule has 0 aromatic heterocycles. The van der Waals surface area contributed by atoms with Gasteiger partial charge in [-0.3, -0.25) is 4.79 Å². The fourth-order valence-electron chi connectivity index (χ4n) is 4.99. The molecule has 0 spiro atoms. The third kappa shape index (κ3) is 5.58. The van der Waals surface area contributed by atoms with E-state index in [1.165, 1.54) is 11.1 Å². The van der Waals surface area contributed by atoms with Gasteiger partial charge in [-0.2, -0.15) is 0 Å². The van der Waals surface area contributed by atoms with Crippen LogP contribution < -0.4 is 5.32 Å². The van der Waals surface area contributed by atoms with Crippen molar-refractivity contribution in [3.05, 3.63) is 65.2 Å². The van der Waals surface area contributed by atoms with E-state index < -0.39 is 0 Å². The Morgan fingerprint density at radius 1 is 1.06 bits per heavy atom. The maximum atomic E-state index is 12.9. The SMILES string of the molecule is C[C@@H](CC(=O)N1CCC(N2Cc3ccccc3NC2=O)CC1)Cc1ccc(C(C)(C)C)cc1. The van der Waals surface area contributed by atoms with Crippen molar-refractivity contribution in [1.82, 2.24) is 9.80 Å². The van der Waals surface area contributed by atoms with Crippen molar-refractivity contribution < 1.29 is 9.59 Å². The molecular formula is C28H37N3O2. The highest BCUT2D eigenvalue weighted by atomic mass is 16.2. The van der Waals surface area contributed by atoms with E-state index in [1.54, 1.807) is 0 Å². The summed E-state index contributed by atoms with van der Waals surface area (Å²) < 4.78 is 0. The van der Waals surface area contributed by atoms with E-state index in [1.807, 2.05) is 28.0 Å². The van der Waals surface area contributed by atoms with Crippen molar-refractivity contribution in [3.8, 4) is 0 Å². The van der Waals surface area contributed by atoms with Crippen molar-refractivity contribution in [2.24, 2.45) is 5.92 Å². The Kier molecular flexibility index (Phi) is 6.78. The number of nitrogens with one attached hydrogen (secondary N) is 1. The first-order chi connectivity index (χ1) is 15.7. The van der Waals surface area contributed by atoms with Crippen LogP contribution in [0, 0.1) is 5.92 Å². The number of urea groups is 1. The fraction of sp³-hybridized carbons (Fsp3) is 0.500. The van der Waals surface area contributed by atoms with Gasteiger partial charge in [0.25, 0.3) is 0 Å². The van der Waals surface area contributed by atoms with Gasteiger partial charge in [-0.05, 0) is 53.4 Å². The molecule has 0 radical (unpaired) electrons. The minimum Gasteiger partial charge on any atom is -0.343 e. The zero-order valence-corrected chi connectivity index (χ0v) is 20.4. The smallest absolute Gasteiger partial charge is 0.322 e. The van der Waals surface area contributed by atoms with E-state index in [-0.39, 0.29) is 23.4 Å². The molecular weight excluding hydrogens is 410 g/mol. The Morgan fingerprint density at radius 2 is 1.73 bits per heavy atom. The summed E-state index contributed by atoms with van der Waals surface area (Å²) in [5, 5.41) is 3.01. The molecule has 2 aliphatic heterocycles. The highest BCUT2D eigenvalue weighted by molar-refractivity contribution is 5.92. The van der Waals surface area contributed by atoms with Gasteiger partial charge in [0, 0.05) is 37.8 Å². The number of rotatable bonds is 5. The summed E-state index contributed by atoms with van der Waals surface area (Å²) in [5.41, 5.74) is 4.85. The number of amides is 3. The molecule has 1 saturated heterocycles. The Hall–Kier alpha value is -2.82. The first-order valence-electron chi connectivity index (χ1n) is 12.2. The van der Waals surface area contributed by atoms with E-state index in [4.69, 9.17) is 0 Å². The van der Waals surface area contributed by atoms with E-state index >= 15 is 0 Å². The third-order valence-corrected chi connectivity index (χ3v) is 7.05. The molecule has 0 bridgehead atoms. The average Bonchev–Trinajstić information content (AvgIpc) is 2.78. The summed E-state index contributed by atoms with van der Waals surface area (Å²) in [6.07, 6.45) is 3.16. The quantitative estimate of drug-likeness (QED) is 0.649. The number of piperidine rings is 1. The lowest BCUT2D eigenvalue weighted by Crippen LogP contribution is -2.51. The molecule has 4 rings (SSSR count). The number of carbonyl (C=O) groups is 2.